The van der Waals surface area contributed by atoms with Crippen molar-refractivity contribution >= 4 is 5.69 Å². The first-order chi connectivity index (χ1) is 8.93. The Kier molecular flexibility index (Phi) is 3.92. The normalized spacial score (nSPS) is 18.7. The van der Waals surface area contributed by atoms with Gasteiger partial charge in [-0.05, 0) is 36.5 Å². The number of halogens is 3. The van der Waals surface area contributed by atoms with E-state index in [0.29, 0.717) is 36.6 Å². The van der Waals surface area contributed by atoms with Crippen LogP contribution in [0.25, 0.3) is 0 Å². The van der Waals surface area contributed by atoms with Crippen molar-refractivity contribution in [2.24, 2.45) is 5.92 Å². The fourth-order valence-corrected chi connectivity index (χ4v) is 2.33. The summed E-state index contributed by atoms with van der Waals surface area (Å²) in [5.74, 6) is 0.715. The van der Waals surface area contributed by atoms with Crippen molar-refractivity contribution in [1.29, 1.82) is 0 Å². The Bertz CT molecular complexity index is 457. The van der Waals surface area contributed by atoms with Crippen LogP contribution in [0.1, 0.15) is 31.4 Å². The zero-order valence-electron chi connectivity index (χ0n) is 11.1. The maximum Gasteiger partial charge on any atom is 0.416 e. The Labute approximate surface area is 111 Å². The largest absolute Gasteiger partial charge is 0.491 e. The van der Waals surface area contributed by atoms with Crippen LogP contribution in [0.4, 0.5) is 18.9 Å². The van der Waals surface area contributed by atoms with E-state index in [1.54, 1.807) is 0 Å². The summed E-state index contributed by atoms with van der Waals surface area (Å²) in [6, 6.07) is 2.55. The molecule has 0 bridgehead atoms. The SMILES string of the molecule is CCCOc1ccc(C(F)(F)F)c2c1NCC(C)C2. The number of nitrogens with one attached hydrogen (secondary N) is 1. The molecule has 5 heteroatoms. The first-order valence-corrected chi connectivity index (χ1v) is 6.53. The molecule has 0 radical (unpaired) electrons. The fraction of sp³-hybridized carbons (Fsp3) is 0.571. The molecule has 1 aromatic rings. The first kappa shape index (κ1) is 14.0. The summed E-state index contributed by atoms with van der Waals surface area (Å²) >= 11 is 0. The molecule has 1 heterocycles. The molecule has 0 amide bonds. The van der Waals surface area contributed by atoms with Gasteiger partial charge in [0.05, 0.1) is 17.9 Å². The van der Waals surface area contributed by atoms with E-state index in [1.807, 2.05) is 13.8 Å². The van der Waals surface area contributed by atoms with E-state index in [2.05, 4.69) is 5.32 Å². The summed E-state index contributed by atoms with van der Waals surface area (Å²) in [7, 11) is 0. The van der Waals surface area contributed by atoms with Gasteiger partial charge >= 0.3 is 6.18 Å². The van der Waals surface area contributed by atoms with Crippen molar-refractivity contribution in [2.45, 2.75) is 32.9 Å². The van der Waals surface area contributed by atoms with Crippen molar-refractivity contribution in [3.8, 4) is 5.75 Å². The molecule has 106 valence electrons. The predicted octanol–water partition coefficient (Wildman–Crippen LogP) is 4.10. The summed E-state index contributed by atoms with van der Waals surface area (Å²) in [6.07, 6.45) is -3.06. The highest BCUT2D eigenvalue weighted by Gasteiger charge is 2.36. The minimum atomic E-state index is -4.31. The van der Waals surface area contributed by atoms with Crippen LogP contribution in [-0.2, 0) is 12.6 Å². The van der Waals surface area contributed by atoms with Crippen LogP contribution in [0.5, 0.6) is 5.75 Å². The van der Waals surface area contributed by atoms with Gasteiger partial charge in [-0.25, -0.2) is 0 Å². The highest BCUT2D eigenvalue weighted by molar-refractivity contribution is 5.66. The fourth-order valence-electron chi connectivity index (χ4n) is 2.33. The van der Waals surface area contributed by atoms with Crippen molar-refractivity contribution in [3.63, 3.8) is 0 Å². The van der Waals surface area contributed by atoms with E-state index in [0.717, 1.165) is 12.5 Å². The topological polar surface area (TPSA) is 21.3 Å². The zero-order valence-corrected chi connectivity index (χ0v) is 11.1. The van der Waals surface area contributed by atoms with Crippen molar-refractivity contribution in [3.05, 3.63) is 23.3 Å². The second-order valence-corrected chi connectivity index (χ2v) is 5.00. The van der Waals surface area contributed by atoms with Crippen LogP contribution in [0, 0.1) is 5.92 Å². The van der Waals surface area contributed by atoms with Crippen molar-refractivity contribution < 1.29 is 17.9 Å². The summed E-state index contributed by atoms with van der Waals surface area (Å²) < 4.78 is 44.6. The maximum atomic E-state index is 13.0. The van der Waals surface area contributed by atoms with Crippen molar-refractivity contribution in [1.82, 2.24) is 0 Å². The molecule has 1 aliphatic rings. The highest BCUT2D eigenvalue weighted by Crippen LogP contribution is 2.42. The lowest BCUT2D eigenvalue weighted by atomic mass is 9.91. The number of anilines is 1. The number of fused-ring (bicyclic) bond motifs is 1. The minimum absolute atomic E-state index is 0.190. The number of ether oxygens (including phenoxy) is 1. The van der Waals surface area contributed by atoms with Gasteiger partial charge in [0, 0.05) is 6.54 Å². The van der Waals surface area contributed by atoms with Gasteiger partial charge in [-0.2, -0.15) is 13.2 Å². The van der Waals surface area contributed by atoms with Crippen LogP contribution in [0.3, 0.4) is 0 Å². The van der Waals surface area contributed by atoms with Gasteiger partial charge in [-0.3, -0.25) is 0 Å². The predicted molar refractivity (Wildman–Crippen MR) is 68.6 cm³/mol. The first-order valence-electron chi connectivity index (χ1n) is 6.53. The van der Waals surface area contributed by atoms with Gasteiger partial charge in [0.25, 0.3) is 0 Å². The monoisotopic (exact) mass is 273 g/mol. The van der Waals surface area contributed by atoms with Crippen LogP contribution >= 0.6 is 0 Å². The Hall–Kier alpha value is -1.39. The Morgan fingerprint density at radius 3 is 2.74 bits per heavy atom. The third-order valence-electron chi connectivity index (χ3n) is 3.22. The number of alkyl halides is 3. The van der Waals surface area contributed by atoms with Crippen LogP contribution in [-0.4, -0.2) is 13.2 Å². The molecule has 0 fully saturated rings. The lowest BCUT2D eigenvalue weighted by Gasteiger charge is -2.28. The smallest absolute Gasteiger partial charge is 0.416 e. The van der Waals surface area contributed by atoms with Crippen LogP contribution < -0.4 is 10.1 Å². The molecule has 0 saturated carbocycles. The van der Waals surface area contributed by atoms with Gasteiger partial charge < -0.3 is 10.1 Å². The lowest BCUT2D eigenvalue weighted by Crippen LogP contribution is -2.24. The molecule has 0 saturated heterocycles. The second kappa shape index (κ2) is 5.31. The third-order valence-corrected chi connectivity index (χ3v) is 3.22. The molecule has 0 spiro atoms. The maximum absolute atomic E-state index is 13.0. The quantitative estimate of drug-likeness (QED) is 0.895. The van der Waals surface area contributed by atoms with E-state index >= 15 is 0 Å². The zero-order chi connectivity index (χ0) is 14.0. The highest BCUT2D eigenvalue weighted by atomic mass is 19.4. The van der Waals surface area contributed by atoms with E-state index in [4.69, 9.17) is 4.74 Å². The summed E-state index contributed by atoms with van der Waals surface area (Å²) in [5.41, 5.74) is 0.298. The van der Waals surface area contributed by atoms with Gasteiger partial charge in [0.2, 0.25) is 0 Å². The Morgan fingerprint density at radius 2 is 2.11 bits per heavy atom. The van der Waals surface area contributed by atoms with E-state index in [1.165, 1.54) is 6.07 Å². The lowest BCUT2D eigenvalue weighted by molar-refractivity contribution is -0.138. The van der Waals surface area contributed by atoms with Gasteiger partial charge in [0.1, 0.15) is 5.75 Å². The number of hydrogen-bond acceptors (Lipinski definition) is 2. The van der Waals surface area contributed by atoms with Gasteiger partial charge in [-0.15, -0.1) is 0 Å². The average Bonchev–Trinajstić information content (AvgIpc) is 2.34. The minimum Gasteiger partial charge on any atom is -0.491 e. The molecule has 2 nitrogen and oxygen atoms in total. The molecule has 0 aliphatic carbocycles. The third kappa shape index (κ3) is 2.96. The molecular formula is C14H18F3NO. The molecular weight excluding hydrogens is 255 g/mol. The summed E-state index contributed by atoms with van der Waals surface area (Å²) in [4.78, 5) is 0. The Balaban J connectivity index is 2.44. The molecule has 2 rings (SSSR count). The number of rotatable bonds is 3. The van der Waals surface area contributed by atoms with Crippen molar-refractivity contribution in [2.75, 3.05) is 18.5 Å². The molecule has 1 unspecified atom stereocenters. The van der Waals surface area contributed by atoms with Gasteiger partial charge in [-0.1, -0.05) is 13.8 Å². The van der Waals surface area contributed by atoms with E-state index in [9.17, 15) is 13.2 Å². The molecule has 1 aliphatic heterocycles. The number of hydrogen-bond donors (Lipinski definition) is 1. The molecule has 19 heavy (non-hydrogen) atoms. The molecule has 1 atom stereocenters. The van der Waals surface area contributed by atoms with Crippen LogP contribution in [0.2, 0.25) is 0 Å². The standard InChI is InChI=1S/C14H18F3NO/c1-3-6-19-12-5-4-11(14(15,16)17)10-7-9(2)8-18-13(10)12/h4-5,9,18H,3,6-8H2,1-2H3. The average molecular weight is 273 g/mol. The Morgan fingerprint density at radius 1 is 1.37 bits per heavy atom. The van der Waals surface area contributed by atoms with E-state index in [-0.39, 0.29) is 5.92 Å². The summed E-state index contributed by atoms with van der Waals surface area (Å²) in [5, 5.41) is 3.08. The van der Waals surface area contributed by atoms with E-state index < -0.39 is 11.7 Å². The molecule has 0 aromatic heterocycles. The number of benzene rings is 1. The molecule has 1 aromatic carbocycles. The molecule has 1 N–H and O–H groups in total. The van der Waals surface area contributed by atoms with Crippen LogP contribution in [0.15, 0.2) is 12.1 Å². The second-order valence-electron chi connectivity index (χ2n) is 5.00. The summed E-state index contributed by atoms with van der Waals surface area (Å²) in [6.45, 7) is 5.09. The van der Waals surface area contributed by atoms with Gasteiger partial charge in [0.15, 0.2) is 0 Å².